The molecule has 1 aromatic heterocycles. The molecule has 1 fully saturated rings. The summed E-state index contributed by atoms with van der Waals surface area (Å²) in [6, 6.07) is 0.132. The van der Waals surface area contributed by atoms with E-state index in [-0.39, 0.29) is 36.8 Å². The van der Waals surface area contributed by atoms with Gasteiger partial charge < -0.3 is 10.6 Å². The fourth-order valence-electron chi connectivity index (χ4n) is 2.07. The van der Waals surface area contributed by atoms with Gasteiger partial charge >= 0.3 is 0 Å². The monoisotopic (exact) mass is 311 g/mol. The topological polar surface area (TPSA) is 59.2 Å². The molecule has 0 bridgehead atoms. The van der Waals surface area contributed by atoms with Crippen molar-refractivity contribution in [2.24, 2.45) is 5.73 Å². The fourth-order valence-corrected chi connectivity index (χ4v) is 2.96. The van der Waals surface area contributed by atoms with E-state index in [1.165, 1.54) is 11.3 Å². The van der Waals surface area contributed by atoms with Crippen molar-refractivity contribution in [3.8, 4) is 0 Å². The molecule has 0 unspecified atom stereocenters. The molecule has 0 spiro atoms. The van der Waals surface area contributed by atoms with Gasteiger partial charge in [-0.1, -0.05) is 0 Å². The first kappa shape index (κ1) is 17.6. The molecule has 0 saturated carbocycles. The van der Waals surface area contributed by atoms with Crippen LogP contribution in [-0.2, 0) is 0 Å². The molecule has 2 N–H and O–H groups in total. The minimum Gasteiger partial charge on any atom is -0.336 e. The van der Waals surface area contributed by atoms with Crippen LogP contribution in [0.15, 0.2) is 0 Å². The second-order valence-electron chi connectivity index (χ2n) is 4.30. The summed E-state index contributed by atoms with van der Waals surface area (Å²) in [6.07, 6.45) is 2.02. The SMILES string of the molecule is Cc1nc(C)c(C(=O)N2CCC[C@@H](N)C2)s1.Cl.Cl. The van der Waals surface area contributed by atoms with E-state index >= 15 is 0 Å². The largest absolute Gasteiger partial charge is 0.336 e. The molecule has 4 nitrogen and oxygen atoms in total. The van der Waals surface area contributed by atoms with Crippen molar-refractivity contribution in [3.63, 3.8) is 0 Å². The zero-order valence-corrected chi connectivity index (χ0v) is 13.0. The zero-order chi connectivity index (χ0) is 11.7. The number of nitrogens with two attached hydrogens (primary N) is 1. The van der Waals surface area contributed by atoms with E-state index in [4.69, 9.17) is 5.73 Å². The Morgan fingerprint density at radius 2 is 2.11 bits per heavy atom. The molecule has 0 aliphatic carbocycles. The number of likely N-dealkylation sites (tertiary alicyclic amines) is 1. The Morgan fingerprint density at radius 1 is 1.44 bits per heavy atom. The third-order valence-corrected chi connectivity index (χ3v) is 3.90. The number of thiazole rings is 1. The van der Waals surface area contributed by atoms with Crippen molar-refractivity contribution >= 4 is 42.1 Å². The lowest BCUT2D eigenvalue weighted by Crippen LogP contribution is -2.45. The Morgan fingerprint density at radius 3 is 2.61 bits per heavy atom. The predicted molar refractivity (Wildman–Crippen MR) is 79.2 cm³/mol. The number of hydrogen-bond donors (Lipinski definition) is 1. The average molecular weight is 312 g/mol. The van der Waals surface area contributed by atoms with Gasteiger partial charge in [-0.15, -0.1) is 36.2 Å². The first-order valence-electron chi connectivity index (χ1n) is 5.57. The van der Waals surface area contributed by atoms with Crippen molar-refractivity contribution in [2.75, 3.05) is 13.1 Å². The second-order valence-corrected chi connectivity index (χ2v) is 5.50. The van der Waals surface area contributed by atoms with Crippen LogP contribution in [0, 0.1) is 13.8 Å². The molecular formula is C11H19Cl2N3OS. The van der Waals surface area contributed by atoms with Crippen LogP contribution in [0.4, 0.5) is 0 Å². The number of nitrogens with zero attached hydrogens (tertiary/aromatic N) is 2. The van der Waals surface area contributed by atoms with Crippen LogP contribution < -0.4 is 5.73 Å². The average Bonchev–Trinajstić information content (AvgIpc) is 2.57. The van der Waals surface area contributed by atoms with E-state index in [0.717, 1.165) is 35.0 Å². The number of halogens is 2. The Balaban J connectivity index is 0.00000144. The highest BCUT2D eigenvalue weighted by Crippen LogP contribution is 2.21. The number of hydrogen-bond acceptors (Lipinski definition) is 4. The van der Waals surface area contributed by atoms with E-state index in [1.54, 1.807) is 0 Å². The fraction of sp³-hybridized carbons (Fsp3) is 0.636. The van der Waals surface area contributed by atoms with Gasteiger partial charge in [-0.05, 0) is 26.7 Å². The number of carbonyl (C=O) groups excluding carboxylic acids is 1. The second kappa shape index (κ2) is 7.28. The van der Waals surface area contributed by atoms with Crippen molar-refractivity contribution in [1.82, 2.24) is 9.88 Å². The quantitative estimate of drug-likeness (QED) is 0.864. The lowest BCUT2D eigenvalue weighted by molar-refractivity contribution is 0.0713. The van der Waals surface area contributed by atoms with Gasteiger partial charge in [-0.3, -0.25) is 4.79 Å². The summed E-state index contributed by atoms with van der Waals surface area (Å²) < 4.78 is 0. The molecule has 18 heavy (non-hydrogen) atoms. The molecule has 1 saturated heterocycles. The highest BCUT2D eigenvalue weighted by Gasteiger charge is 2.24. The zero-order valence-electron chi connectivity index (χ0n) is 10.5. The normalized spacial score (nSPS) is 18.8. The molecule has 1 amide bonds. The van der Waals surface area contributed by atoms with Crippen molar-refractivity contribution < 1.29 is 4.79 Å². The lowest BCUT2D eigenvalue weighted by Gasteiger charge is -2.30. The summed E-state index contributed by atoms with van der Waals surface area (Å²) in [5.74, 6) is 0.0956. The minimum absolute atomic E-state index is 0. The van der Waals surface area contributed by atoms with Crippen molar-refractivity contribution in [3.05, 3.63) is 15.6 Å². The number of amides is 1. The Labute approximate surface area is 124 Å². The van der Waals surface area contributed by atoms with Gasteiger partial charge in [0.15, 0.2) is 0 Å². The molecule has 1 aromatic rings. The van der Waals surface area contributed by atoms with E-state index in [1.807, 2.05) is 18.7 Å². The van der Waals surface area contributed by atoms with Crippen LogP contribution in [-0.4, -0.2) is 34.9 Å². The summed E-state index contributed by atoms with van der Waals surface area (Å²) in [6.45, 7) is 5.31. The van der Waals surface area contributed by atoms with Gasteiger partial charge in [0.2, 0.25) is 0 Å². The maximum Gasteiger partial charge on any atom is 0.265 e. The van der Waals surface area contributed by atoms with Crippen LogP contribution in [0.1, 0.15) is 33.2 Å². The first-order chi connectivity index (χ1) is 7.58. The number of rotatable bonds is 1. The van der Waals surface area contributed by atoms with Crippen LogP contribution >= 0.6 is 36.2 Å². The Bertz CT molecular complexity index is 411. The van der Waals surface area contributed by atoms with Crippen molar-refractivity contribution in [1.29, 1.82) is 0 Å². The van der Waals surface area contributed by atoms with E-state index in [9.17, 15) is 4.79 Å². The molecule has 0 aromatic carbocycles. The maximum atomic E-state index is 12.2. The van der Waals surface area contributed by atoms with E-state index in [0.29, 0.717) is 6.54 Å². The van der Waals surface area contributed by atoms with Gasteiger partial charge in [0.1, 0.15) is 4.88 Å². The highest BCUT2D eigenvalue weighted by atomic mass is 35.5. The van der Waals surface area contributed by atoms with Gasteiger partial charge in [0, 0.05) is 19.1 Å². The maximum absolute atomic E-state index is 12.2. The first-order valence-corrected chi connectivity index (χ1v) is 6.38. The molecule has 2 rings (SSSR count). The van der Waals surface area contributed by atoms with Crippen LogP contribution in [0.2, 0.25) is 0 Å². The molecule has 104 valence electrons. The molecule has 1 aliphatic rings. The molecule has 1 atom stereocenters. The number of aromatic nitrogens is 1. The molecular weight excluding hydrogens is 293 g/mol. The summed E-state index contributed by atoms with van der Waals surface area (Å²) >= 11 is 1.47. The van der Waals surface area contributed by atoms with Crippen LogP contribution in [0.5, 0.6) is 0 Å². The third-order valence-electron chi connectivity index (χ3n) is 2.84. The minimum atomic E-state index is 0. The van der Waals surface area contributed by atoms with Gasteiger partial charge in [0.05, 0.1) is 10.7 Å². The van der Waals surface area contributed by atoms with E-state index < -0.39 is 0 Å². The standard InChI is InChI=1S/C11H17N3OS.2ClH/c1-7-10(16-8(2)13-7)11(15)14-5-3-4-9(12)6-14;;/h9H,3-6,12H2,1-2H3;2*1H/t9-;;/m1../s1. The molecule has 7 heteroatoms. The number of aryl methyl sites for hydroxylation is 2. The Hall–Kier alpha value is -0.360. The molecule has 2 heterocycles. The predicted octanol–water partition coefficient (Wildman–Crippen LogP) is 2.17. The van der Waals surface area contributed by atoms with Gasteiger partial charge in [-0.2, -0.15) is 0 Å². The Kier molecular flexibility index (Phi) is 7.14. The lowest BCUT2D eigenvalue weighted by atomic mass is 10.1. The third kappa shape index (κ3) is 3.82. The summed E-state index contributed by atoms with van der Waals surface area (Å²) in [5.41, 5.74) is 6.72. The van der Waals surface area contributed by atoms with E-state index in [2.05, 4.69) is 4.98 Å². The molecule has 0 radical (unpaired) electrons. The number of piperidine rings is 1. The summed E-state index contributed by atoms with van der Waals surface area (Å²) in [4.78, 5) is 19.1. The smallest absolute Gasteiger partial charge is 0.265 e. The summed E-state index contributed by atoms with van der Waals surface area (Å²) in [5, 5.41) is 0.946. The molecule has 1 aliphatic heterocycles. The van der Waals surface area contributed by atoms with Gasteiger partial charge in [-0.25, -0.2) is 4.98 Å². The van der Waals surface area contributed by atoms with Crippen molar-refractivity contribution in [2.45, 2.75) is 32.7 Å². The number of carbonyl (C=O) groups is 1. The van der Waals surface area contributed by atoms with Gasteiger partial charge in [0.25, 0.3) is 5.91 Å². The van der Waals surface area contributed by atoms with Crippen LogP contribution in [0.3, 0.4) is 0 Å². The highest BCUT2D eigenvalue weighted by molar-refractivity contribution is 7.13. The van der Waals surface area contributed by atoms with Crippen LogP contribution in [0.25, 0.3) is 0 Å². The summed E-state index contributed by atoms with van der Waals surface area (Å²) in [7, 11) is 0.